The number of hydrogen-bond acceptors (Lipinski definition) is 1. The zero-order valence-electron chi connectivity index (χ0n) is 7.20. The van der Waals surface area contributed by atoms with Crippen molar-refractivity contribution in [1.29, 1.82) is 0 Å². The molecule has 0 spiro atoms. The number of halogens is 5. The van der Waals surface area contributed by atoms with Crippen molar-refractivity contribution in [2.24, 2.45) is 10.7 Å². The Morgan fingerprint density at radius 3 is 2.47 bits per heavy atom. The fourth-order valence-electron chi connectivity index (χ4n) is 0.826. The van der Waals surface area contributed by atoms with E-state index in [0.717, 1.165) is 6.07 Å². The second-order valence-corrected chi connectivity index (χ2v) is 3.58. The van der Waals surface area contributed by atoms with Gasteiger partial charge >= 0.3 is 0 Å². The predicted octanol–water partition coefficient (Wildman–Crippen LogP) is 3.50. The molecule has 15 heavy (non-hydrogen) atoms. The van der Waals surface area contributed by atoms with Crippen LogP contribution in [0.25, 0.3) is 0 Å². The van der Waals surface area contributed by atoms with Gasteiger partial charge in [0.15, 0.2) is 5.82 Å². The van der Waals surface area contributed by atoms with Gasteiger partial charge in [-0.1, -0.05) is 23.2 Å². The summed E-state index contributed by atoms with van der Waals surface area (Å²) >= 11 is 16.2. The van der Waals surface area contributed by atoms with E-state index in [9.17, 15) is 8.78 Å². The zero-order valence-corrected chi connectivity index (χ0v) is 9.47. The largest absolute Gasteiger partial charge is 0.386 e. The molecule has 0 saturated heterocycles. The van der Waals surface area contributed by atoms with Gasteiger partial charge in [-0.2, -0.15) is 0 Å². The maximum absolute atomic E-state index is 13.2. The van der Waals surface area contributed by atoms with Crippen LogP contribution >= 0.6 is 34.8 Å². The summed E-state index contributed by atoms with van der Waals surface area (Å²) < 4.78 is 26.2. The van der Waals surface area contributed by atoms with Crippen LogP contribution in [0.4, 0.5) is 14.5 Å². The molecule has 0 radical (unpaired) electrons. The quantitative estimate of drug-likeness (QED) is 0.289. The summed E-state index contributed by atoms with van der Waals surface area (Å²) in [5.41, 5.74) is 5.15. The van der Waals surface area contributed by atoms with Crippen LogP contribution in [0.2, 0.25) is 10.0 Å². The molecule has 0 aliphatic carbocycles. The Labute approximate surface area is 99.6 Å². The first-order valence-corrected chi connectivity index (χ1v) is 4.98. The smallest absolute Gasteiger partial charge is 0.165 e. The Bertz CT molecular complexity index is 421. The molecule has 2 nitrogen and oxygen atoms in total. The van der Waals surface area contributed by atoms with Gasteiger partial charge in [0.05, 0.1) is 11.6 Å². The summed E-state index contributed by atoms with van der Waals surface area (Å²) in [6, 6.07) is 0.882. The Kier molecular flexibility index (Phi) is 4.13. The molecule has 0 aromatic heterocycles. The topological polar surface area (TPSA) is 38.4 Å². The van der Waals surface area contributed by atoms with E-state index in [1.54, 1.807) is 0 Å². The molecule has 1 aromatic rings. The molecule has 0 atom stereocenters. The van der Waals surface area contributed by atoms with Crippen molar-refractivity contribution in [3.05, 3.63) is 27.7 Å². The van der Waals surface area contributed by atoms with Crippen molar-refractivity contribution in [2.75, 3.05) is 5.88 Å². The second-order valence-electron chi connectivity index (χ2n) is 2.56. The maximum atomic E-state index is 13.2. The molecule has 0 heterocycles. The summed E-state index contributed by atoms with van der Waals surface area (Å²) in [7, 11) is 0. The zero-order chi connectivity index (χ0) is 11.6. The lowest BCUT2D eigenvalue weighted by Crippen LogP contribution is -2.12. The van der Waals surface area contributed by atoms with E-state index in [0.29, 0.717) is 0 Å². The van der Waals surface area contributed by atoms with Gasteiger partial charge in [-0.05, 0) is 0 Å². The Morgan fingerprint density at radius 1 is 1.33 bits per heavy atom. The molecule has 0 unspecified atom stereocenters. The molecule has 0 fully saturated rings. The number of amidine groups is 1. The predicted molar refractivity (Wildman–Crippen MR) is 58.4 cm³/mol. The molecule has 0 aliphatic rings. The number of alkyl halides is 1. The van der Waals surface area contributed by atoms with Crippen molar-refractivity contribution in [3.8, 4) is 0 Å². The normalized spacial score (nSPS) is 11.9. The van der Waals surface area contributed by atoms with Gasteiger partial charge in [-0.25, -0.2) is 13.8 Å². The molecule has 2 N–H and O–H groups in total. The number of hydrogen-bond donors (Lipinski definition) is 1. The fourth-order valence-corrected chi connectivity index (χ4v) is 1.27. The number of aliphatic imine (C=N–C) groups is 1. The van der Waals surface area contributed by atoms with E-state index >= 15 is 0 Å². The Balaban J connectivity index is 3.33. The van der Waals surface area contributed by atoms with Crippen LogP contribution < -0.4 is 5.73 Å². The monoisotopic (exact) mass is 272 g/mol. The van der Waals surface area contributed by atoms with E-state index in [1.807, 2.05) is 0 Å². The van der Waals surface area contributed by atoms with E-state index in [-0.39, 0.29) is 17.4 Å². The van der Waals surface area contributed by atoms with Gasteiger partial charge in [0, 0.05) is 6.07 Å². The first-order chi connectivity index (χ1) is 6.97. The molecule has 82 valence electrons. The van der Waals surface area contributed by atoms with Crippen molar-refractivity contribution in [3.63, 3.8) is 0 Å². The van der Waals surface area contributed by atoms with Crippen LogP contribution in [0.15, 0.2) is 11.1 Å². The Morgan fingerprint density at radius 2 is 1.93 bits per heavy atom. The van der Waals surface area contributed by atoms with Crippen molar-refractivity contribution >= 4 is 46.3 Å². The highest BCUT2D eigenvalue weighted by Gasteiger charge is 2.15. The van der Waals surface area contributed by atoms with Crippen LogP contribution in [-0.4, -0.2) is 11.7 Å². The van der Waals surface area contributed by atoms with Gasteiger partial charge < -0.3 is 5.73 Å². The molecule has 1 rings (SSSR count). The third-order valence-electron chi connectivity index (χ3n) is 1.48. The summed E-state index contributed by atoms with van der Waals surface area (Å²) in [5.74, 6) is -2.10. The van der Waals surface area contributed by atoms with Crippen molar-refractivity contribution in [2.45, 2.75) is 0 Å². The molecule has 0 aliphatic heterocycles. The van der Waals surface area contributed by atoms with Crippen molar-refractivity contribution in [1.82, 2.24) is 0 Å². The molecule has 0 bridgehead atoms. The van der Waals surface area contributed by atoms with Gasteiger partial charge in [0.25, 0.3) is 0 Å². The number of nitrogens with zero attached hydrogens (tertiary/aromatic N) is 1. The summed E-state index contributed by atoms with van der Waals surface area (Å²) in [6.45, 7) is 0. The first kappa shape index (κ1) is 12.5. The summed E-state index contributed by atoms with van der Waals surface area (Å²) in [5, 5.41) is -1.07. The fraction of sp³-hybridized carbons (Fsp3) is 0.125. The third kappa shape index (κ3) is 2.71. The van der Waals surface area contributed by atoms with Crippen molar-refractivity contribution < 1.29 is 8.78 Å². The molecule has 1 aromatic carbocycles. The minimum absolute atomic E-state index is 0.000288. The average Bonchev–Trinajstić information content (AvgIpc) is 2.22. The van der Waals surface area contributed by atoms with Gasteiger partial charge in [0.2, 0.25) is 0 Å². The van der Waals surface area contributed by atoms with Crippen LogP contribution in [0.3, 0.4) is 0 Å². The van der Waals surface area contributed by atoms with E-state index in [4.69, 9.17) is 40.5 Å². The number of benzene rings is 1. The number of nitrogens with two attached hydrogens (primary N) is 1. The van der Waals surface area contributed by atoms with Crippen LogP contribution in [-0.2, 0) is 0 Å². The lowest BCUT2D eigenvalue weighted by molar-refractivity contribution is 0.585. The SMILES string of the molecule is NC(CCl)=Nc1cc(F)c(Cl)c(F)c1Cl. The highest BCUT2D eigenvalue weighted by Crippen LogP contribution is 2.34. The summed E-state index contributed by atoms with van der Waals surface area (Å²) in [4.78, 5) is 3.63. The minimum atomic E-state index is -1.07. The van der Waals surface area contributed by atoms with Gasteiger partial charge in [0.1, 0.15) is 21.7 Å². The van der Waals surface area contributed by atoms with Gasteiger partial charge in [-0.15, -0.1) is 11.6 Å². The third-order valence-corrected chi connectivity index (χ3v) is 2.46. The molecule has 7 heteroatoms. The first-order valence-electron chi connectivity index (χ1n) is 3.69. The molecule has 0 amide bonds. The van der Waals surface area contributed by atoms with Gasteiger partial charge in [-0.3, -0.25) is 0 Å². The standard InChI is InChI=1S/C8H5Cl3F2N2/c9-2-5(14)15-4-1-3(12)6(10)8(13)7(4)11/h1H,2H2,(H2,14,15). The lowest BCUT2D eigenvalue weighted by atomic mass is 10.3. The van der Waals surface area contributed by atoms with Crippen LogP contribution in [0, 0.1) is 11.6 Å². The number of rotatable bonds is 2. The molecular formula is C8H5Cl3F2N2. The highest BCUT2D eigenvalue weighted by atomic mass is 35.5. The average molecular weight is 273 g/mol. The maximum Gasteiger partial charge on any atom is 0.165 e. The lowest BCUT2D eigenvalue weighted by Gasteiger charge is -2.03. The Hall–Kier alpha value is -0.580. The summed E-state index contributed by atoms with van der Waals surface area (Å²) in [6.07, 6.45) is 0. The highest BCUT2D eigenvalue weighted by molar-refractivity contribution is 6.36. The van der Waals surface area contributed by atoms with E-state index in [1.165, 1.54) is 0 Å². The molecular weight excluding hydrogens is 268 g/mol. The van der Waals surface area contributed by atoms with Crippen LogP contribution in [0.1, 0.15) is 0 Å². The second kappa shape index (κ2) is 4.96. The van der Waals surface area contributed by atoms with E-state index in [2.05, 4.69) is 4.99 Å². The van der Waals surface area contributed by atoms with E-state index < -0.39 is 21.7 Å². The van der Waals surface area contributed by atoms with Crippen LogP contribution in [0.5, 0.6) is 0 Å². The minimum Gasteiger partial charge on any atom is -0.386 e. The molecule has 0 saturated carbocycles.